The average molecular weight is 264 g/mol. The van der Waals surface area contributed by atoms with Crippen molar-refractivity contribution >= 4 is 11.8 Å². The van der Waals surface area contributed by atoms with Gasteiger partial charge in [0.2, 0.25) is 11.8 Å². The fourth-order valence-corrected chi connectivity index (χ4v) is 3.81. The van der Waals surface area contributed by atoms with Crippen LogP contribution in [0.1, 0.15) is 45.4 Å². The number of amides is 2. The van der Waals surface area contributed by atoms with E-state index < -0.39 is 0 Å². The summed E-state index contributed by atoms with van der Waals surface area (Å²) in [6.07, 6.45) is 7.20. The first kappa shape index (κ1) is 13.1. The van der Waals surface area contributed by atoms with Crippen LogP contribution in [0, 0.1) is 17.8 Å². The molecular formula is C15H24N2O2. The SMILES string of the molecule is CCNC(CN1C(=O)C2CC2C1=O)C1CCCCC1. The van der Waals surface area contributed by atoms with Crippen molar-refractivity contribution in [2.45, 2.75) is 51.5 Å². The highest BCUT2D eigenvalue weighted by Crippen LogP contribution is 2.47. The molecule has 1 N–H and O–H groups in total. The summed E-state index contributed by atoms with van der Waals surface area (Å²) in [5.74, 6) is 0.899. The van der Waals surface area contributed by atoms with Crippen LogP contribution in [0.4, 0.5) is 0 Å². The van der Waals surface area contributed by atoms with Crippen LogP contribution in [-0.4, -0.2) is 35.8 Å². The summed E-state index contributed by atoms with van der Waals surface area (Å²) in [6.45, 7) is 3.61. The lowest BCUT2D eigenvalue weighted by Crippen LogP contribution is -2.48. The van der Waals surface area contributed by atoms with E-state index in [0.717, 1.165) is 13.0 Å². The van der Waals surface area contributed by atoms with E-state index in [4.69, 9.17) is 0 Å². The van der Waals surface area contributed by atoms with Crippen molar-refractivity contribution in [3.8, 4) is 0 Å². The molecule has 4 nitrogen and oxygen atoms in total. The Hall–Kier alpha value is -0.900. The topological polar surface area (TPSA) is 49.4 Å². The Kier molecular flexibility index (Phi) is 3.61. The van der Waals surface area contributed by atoms with Crippen molar-refractivity contribution in [3.05, 3.63) is 0 Å². The molecule has 0 radical (unpaired) electrons. The number of nitrogens with one attached hydrogen (secondary N) is 1. The molecule has 0 aromatic rings. The number of fused-ring (bicyclic) bond motifs is 1. The normalized spacial score (nSPS) is 32.6. The first-order valence-corrected chi connectivity index (χ1v) is 7.81. The molecule has 1 heterocycles. The van der Waals surface area contributed by atoms with Crippen molar-refractivity contribution in [3.63, 3.8) is 0 Å². The number of carbonyl (C=O) groups excluding carboxylic acids is 2. The number of carbonyl (C=O) groups is 2. The fourth-order valence-electron chi connectivity index (χ4n) is 3.81. The van der Waals surface area contributed by atoms with E-state index >= 15 is 0 Å². The molecule has 3 aliphatic rings. The van der Waals surface area contributed by atoms with Gasteiger partial charge < -0.3 is 5.32 Å². The fraction of sp³-hybridized carbons (Fsp3) is 0.867. The van der Waals surface area contributed by atoms with Crippen molar-refractivity contribution < 1.29 is 9.59 Å². The zero-order valence-corrected chi connectivity index (χ0v) is 11.7. The van der Waals surface area contributed by atoms with Gasteiger partial charge in [-0.3, -0.25) is 14.5 Å². The molecule has 1 saturated heterocycles. The molecule has 3 rings (SSSR count). The average Bonchev–Trinajstić information content (AvgIpc) is 3.19. The third kappa shape index (κ3) is 2.42. The monoisotopic (exact) mass is 264 g/mol. The van der Waals surface area contributed by atoms with Crippen molar-refractivity contribution in [2.24, 2.45) is 17.8 Å². The third-order valence-corrected chi connectivity index (χ3v) is 5.02. The molecule has 0 aromatic carbocycles. The number of likely N-dealkylation sites (N-methyl/N-ethyl adjacent to an activating group) is 1. The Morgan fingerprint density at radius 2 is 1.79 bits per heavy atom. The number of likely N-dealkylation sites (tertiary alicyclic amines) is 1. The van der Waals surface area contributed by atoms with Crippen LogP contribution in [0.5, 0.6) is 0 Å². The van der Waals surface area contributed by atoms with E-state index in [1.807, 2.05) is 0 Å². The molecule has 0 bridgehead atoms. The van der Waals surface area contributed by atoms with Crippen LogP contribution in [0.15, 0.2) is 0 Å². The van der Waals surface area contributed by atoms with Crippen LogP contribution < -0.4 is 5.32 Å². The van der Waals surface area contributed by atoms with E-state index in [0.29, 0.717) is 18.5 Å². The quantitative estimate of drug-likeness (QED) is 0.766. The minimum atomic E-state index is 0.0427. The van der Waals surface area contributed by atoms with Gasteiger partial charge in [-0.2, -0.15) is 0 Å². The van der Waals surface area contributed by atoms with E-state index in [-0.39, 0.29) is 23.7 Å². The van der Waals surface area contributed by atoms with E-state index in [2.05, 4.69) is 12.2 Å². The minimum Gasteiger partial charge on any atom is -0.312 e. The molecule has 3 fully saturated rings. The van der Waals surface area contributed by atoms with Gasteiger partial charge in [-0.15, -0.1) is 0 Å². The Morgan fingerprint density at radius 3 is 2.37 bits per heavy atom. The number of nitrogens with zero attached hydrogens (tertiary/aromatic N) is 1. The van der Waals surface area contributed by atoms with Crippen LogP contribution in [-0.2, 0) is 9.59 Å². The summed E-state index contributed by atoms with van der Waals surface area (Å²) < 4.78 is 0. The van der Waals surface area contributed by atoms with Gasteiger partial charge in [-0.25, -0.2) is 0 Å². The lowest BCUT2D eigenvalue weighted by molar-refractivity contribution is -0.142. The Labute approximate surface area is 114 Å². The highest BCUT2D eigenvalue weighted by molar-refractivity contribution is 6.08. The number of imide groups is 1. The maximum atomic E-state index is 12.1. The van der Waals surface area contributed by atoms with Crippen molar-refractivity contribution in [1.29, 1.82) is 0 Å². The number of hydrogen-bond acceptors (Lipinski definition) is 3. The zero-order chi connectivity index (χ0) is 13.4. The van der Waals surface area contributed by atoms with Crippen molar-refractivity contribution in [2.75, 3.05) is 13.1 Å². The highest BCUT2D eigenvalue weighted by atomic mass is 16.2. The minimum absolute atomic E-state index is 0.0427. The Morgan fingerprint density at radius 1 is 1.16 bits per heavy atom. The van der Waals surface area contributed by atoms with Crippen molar-refractivity contribution in [1.82, 2.24) is 10.2 Å². The van der Waals surface area contributed by atoms with Crippen LogP contribution in [0.2, 0.25) is 0 Å². The van der Waals surface area contributed by atoms with Gasteiger partial charge in [0.15, 0.2) is 0 Å². The van der Waals surface area contributed by atoms with Gasteiger partial charge in [0.1, 0.15) is 0 Å². The highest BCUT2D eigenvalue weighted by Gasteiger charge is 2.59. The molecule has 4 heteroatoms. The van der Waals surface area contributed by atoms with Gasteiger partial charge in [0.25, 0.3) is 0 Å². The first-order chi connectivity index (χ1) is 9.22. The third-order valence-electron chi connectivity index (χ3n) is 5.02. The van der Waals surface area contributed by atoms with Gasteiger partial charge in [-0.1, -0.05) is 26.2 Å². The predicted molar refractivity (Wildman–Crippen MR) is 72.4 cm³/mol. The van der Waals surface area contributed by atoms with Crippen LogP contribution in [0.3, 0.4) is 0 Å². The lowest BCUT2D eigenvalue weighted by Gasteiger charge is -2.33. The maximum absolute atomic E-state index is 12.1. The summed E-state index contributed by atoms with van der Waals surface area (Å²) in [5.41, 5.74) is 0. The second kappa shape index (κ2) is 5.23. The van der Waals surface area contributed by atoms with E-state index in [1.165, 1.54) is 32.1 Å². The first-order valence-electron chi connectivity index (χ1n) is 7.81. The maximum Gasteiger partial charge on any atom is 0.233 e. The van der Waals surface area contributed by atoms with Gasteiger partial charge in [0, 0.05) is 12.6 Å². The van der Waals surface area contributed by atoms with Crippen LogP contribution in [0.25, 0.3) is 0 Å². The number of piperidine rings is 1. The standard InChI is InChI=1S/C15H24N2O2/c1-2-16-13(10-6-4-3-5-7-10)9-17-14(18)11-8-12(11)15(17)19/h10-13,16H,2-9H2,1H3. The number of rotatable bonds is 5. The molecule has 19 heavy (non-hydrogen) atoms. The molecule has 2 amide bonds. The number of hydrogen-bond donors (Lipinski definition) is 1. The van der Waals surface area contributed by atoms with Gasteiger partial charge in [0.05, 0.1) is 11.8 Å². The summed E-state index contributed by atoms with van der Waals surface area (Å²) in [4.78, 5) is 25.7. The zero-order valence-electron chi connectivity index (χ0n) is 11.7. The lowest BCUT2D eigenvalue weighted by atomic mass is 9.83. The largest absolute Gasteiger partial charge is 0.312 e. The molecule has 1 aliphatic heterocycles. The van der Waals surface area contributed by atoms with Gasteiger partial charge >= 0.3 is 0 Å². The molecule has 2 saturated carbocycles. The molecular weight excluding hydrogens is 240 g/mol. The summed E-state index contributed by atoms with van der Waals surface area (Å²) in [7, 11) is 0. The molecule has 106 valence electrons. The summed E-state index contributed by atoms with van der Waals surface area (Å²) >= 11 is 0. The predicted octanol–water partition coefficient (Wildman–Crippen LogP) is 1.55. The van der Waals surface area contributed by atoms with Crippen LogP contribution >= 0.6 is 0 Å². The Balaban J connectivity index is 1.64. The molecule has 0 aromatic heterocycles. The molecule has 3 atom stereocenters. The second-order valence-electron chi connectivity index (χ2n) is 6.30. The smallest absolute Gasteiger partial charge is 0.233 e. The second-order valence-corrected chi connectivity index (χ2v) is 6.30. The molecule has 0 spiro atoms. The summed E-state index contributed by atoms with van der Waals surface area (Å²) in [6, 6.07) is 0.302. The summed E-state index contributed by atoms with van der Waals surface area (Å²) in [5, 5.41) is 3.50. The Bertz CT molecular complexity index is 356. The molecule has 2 aliphatic carbocycles. The van der Waals surface area contributed by atoms with E-state index in [9.17, 15) is 9.59 Å². The van der Waals surface area contributed by atoms with Gasteiger partial charge in [-0.05, 0) is 31.7 Å². The molecule has 3 unspecified atom stereocenters. The van der Waals surface area contributed by atoms with E-state index in [1.54, 1.807) is 4.90 Å².